The van der Waals surface area contributed by atoms with E-state index in [0.717, 1.165) is 62.4 Å². The summed E-state index contributed by atoms with van der Waals surface area (Å²) in [5, 5.41) is 3.56. The predicted octanol–water partition coefficient (Wildman–Crippen LogP) is 6.51. The van der Waals surface area contributed by atoms with Crippen molar-refractivity contribution in [1.82, 2.24) is 0 Å². The molecule has 1 heterocycles. The van der Waals surface area contributed by atoms with E-state index < -0.39 is 0 Å². The van der Waals surface area contributed by atoms with Gasteiger partial charge in [0, 0.05) is 50.4 Å². The molecule has 0 saturated heterocycles. The van der Waals surface area contributed by atoms with E-state index in [1.165, 1.54) is 5.56 Å². The van der Waals surface area contributed by atoms with Crippen LogP contribution in [0.2, 0.25) is 0 Å². The Hall–Kier alpha value is -2.71. The molecule has 0 N–H and O–H groups in total. The fourth-order valence-electron chi connectivity index (χ4n) is 5.09. The summed E-state index contributed by atoms with van der Waals surface area (Å²) in [5.41, 5.74) is 9.50. The topological polar surface area (TPSA) is 104 Å². The summed E-state index contributed by atoms with van der Waals surface area (Å²) < 4.78 is 33.5. The molecule has 1 unspecified atom stereocenters. The molecule has 1 aliphatic carbocycles. The van der Waals surface area contributed by atoms with Gasteiger partial charge in [-0.2, -0.15) is 0 Å². The van der Waals surface area contributed by atoms with Crippen LogP contribution < -0.4 is 9.47 Å². The first-order valence-electron chi connectivity index (χ1n) is 13.1. The highest BCUT2D eigenvalue weighted by molar-refractivity contribution is 5.45. The molecule has 0 bridgehead atoms. The molecule has 0 aromatic heterocycles. The normalized spacial score (nSPS) is 22.4. The smallest absolute Gasteiger partial charge is 0.188 e. The molecule has 9 heteroatoms. The van der Waals surface area contributed by atoms with E-state index in [0.29, 0.717) is 31.6 Å². The van der Waals surface area contributed by atoms with Crippen molar-refractivity contribution >= 4 is 0 Å². The predicted molar refractivity (Wildman–Crippen MR) is 141 cm³/mol. The number of hydrogen-bond acceptors (Lipinski definition) is 7. The molecule has 0 saturated carbocycles. The molecule has 37 heavy (non-hydrogen) atoms. The third-order valence-corrected chi connectivity index (χ3v) is 7.19. The quantitative estimate of drug-likeness (QED) is 0.0770. The first-order chi connectivity index (χ1) is 18.1. The maximum absolute atomic E-state index is 8.34. The number of fused-ring (bicyclic) bond motifs is 1. The fraction of sp³-hybridized carbons (Fsp3) is 0.643. The molecule has 3 rings (SSSR count). The average Bonchev–Trinajstić information content (AvgIpc) is 2.93. The molecule has 1 aliphatic heterocycles. The SMILES string of the molecule is COCOC1=CCC([C@@]2(C)COc3cc(OCOC)ccc3[C@H]2CCCCOCCCCN=[N+]=[N-])C=C1. The van der Waals surface area contributed by atoms with Gasteiger partial charge in [0.25, 0.3) is 0 Å². The maximum atomic E-state index is 8.34. The Balaban J connectivity index is 1.64. The maximum Gasteiger partial charge on any atom is 0.188 e. The third-order valence-electron chi connectivity index (χ3n) is 7.19. The van der Waals surface area contributed by atoms with Crippen LogP contribution in [0.4, 0.5) is 0 Å². The molecule has 3 atom stereocenters. The number of methoxy groups -OCH3 is 2. The summed E-state index contributed by atoms with van der Waals surface area (Å²) in [6.07, 6.45) is 12.3. The Bertz CT molecular complexity index is 946. The van der Waals surface area contributed by atoms with Crippen molar-refractivity contribution < 1.29 is 28.4 Å². The van der Waals surface area contributed by atoms with E-state index >= 15 is 0 Å². The number of rotatable bonds is 17. The zero-order valence-electron chi connectivity index (χ0n) is 22.4. The zero-order valence-corrected chi connectivity index (χ0v) is 22.4. The monoisotopic (exact) mass is 515 g/mol. The van der Waals surface area contributed by atoms with Gasteiger partial charge in [0.15, 0.2) is 13.6 Å². The highest BCUT2D eigenvalue weighted by Gasteiger charge is 2.45. The number of hydrogen-bond donors (Lipinski definition) is 0. The van der Waals surface area contributed by atoms with Gasteiger partial charge in [-0.05, 0) is 73.3 Å². The molecular formula is C28H41N3O6. The zero-order chi connectivity index (χ0) is 26.3. The van der Waals surface area contributed by atoms with Crippen LogP contribution in [0.25, 0.3) is 10.4 Å². The lowest BCUT2D eigenvalue weighted by molar-refractivity contribution is 0.00767. The van der Waals surface area contributed by atoms with Gasteiger partial charge in [-0.1, -0.05) is 30.6 Å². The molecule has 0 spiro atoms. The highest BCUT2D eigenvalue weighted by Crippen LogP contribution is 2.53. The van der Waals surface area contributed by atoms with Gasteiger partial charge in [-0.3, -0.25) is 0 Å². The Morgan fingerprint density at radius 2 is 1.86 bits per heavy atom. The Labute approximate surface area is 220 Å². The second kappa shape index (κ2) is 15.5. The van der Waals surface area contributed by atoms with Gasteiger partial charge in [0.2, 0.25) is 0 Å². The minimum atomic E-state index is -0.0657. The van der Waals surface area contributed by atoms with E-state index in [4.69, 9.17) is 34.0 Å². The molecule has 1 aromatic rings. The van der Waals surface area contributed by atoms with Crippen molar-refractivity contribution in [3.8, 4) is 11.5 Å². The molecule has 0 amide bonds. The van der Waals surface area contributed by atoms with Crippen molar-refractivity contribution in [2.45, 2.75) is 51.4 Å². The van der Waals surface area contributed by atoms with Crippen LogP contribution in [0.5, 0.6) is 11.5 Å². The number of allylic oxidation sites excluding steroid dienone is 3. The Kier molecular flexibility index (Phi) is 12.1. The summed E-state index contributed by atoms with van der Waals surface area (Å²) in [4.78, 5) is 2.78. The molecule has 204 valence electrons. The standard InChI is InChI=1S/C28H41N3O6/c1-28(22-9-11-23(12-10-22)36-20-32-2)19-35-27-18-24(37-21-33-3)13-14-25(27)26(28)8-4-6-16-34-17-7-5-15-30-31-29/h9,11-14,18,22,26H,4-8,10,15-17,19-21H2,1-3H3/t22?,26-,28-/m1/s1. The summed E-state index contributed by atoms with van der Waals surface area (Å²) in [7, 11) is 3.24. The van der Waals surface area contributed by atoms with E-state index in [9.17, 15) is 0 Å². The lowest BCUT2D eigenvalue weighted by Gasteiger charge is -2.47. The highest BCUT2D eigenvalue weighted by atomic mass is 16.7. The van der Waals surface area contributed by atoms with Crippen LogP contribution in [0.3, 0.4) is 0 Å². The fourth-order valence-corrected chi connectivity index (χ4v) is 5.09. The second-order valence-corrected chi connectivity index (χ2v) is 9.73. The van der Waals surface area contributed by atoms with E-state index in [1.54, 1.807) is 14.2 Å². The van der Waals surface area contributed by atoms with E-state index in [-0.39, 0.29) is 19.0 Å². The Morgan fingerprint density at radius 3 is 2.59 bits per heavy atom. The number of azide groups is 1. The molecule has 0 fully saturated rings. The van der Waals surface area contributed by atoms with Crippen molar-refractivity contribution in [1.29, 1.82) is 0 Å². The van der Waals surface area contributed by atoms with Crippen LogP contribution in [0, 0.1) is 11.3 Å². The molecule has 9 nitrogen and oxygen atoms in total. The number of ether oxygens (including phenoxy) is 6. The van der Waals surface area contributed by atoms with Gasteiger partial charge in [0.05, 0.1) is 6.61 Å². The summed E-state index contributed by atoms with van der Waals surface area (Å²) >= 11 is 0. The van der Waals surface area contributed by atoms with E-state index in [2.05, 4.69) is 41.2 Å². The Morgan fingerprint density at radius 1 is 1.08 bits per heavy atom. The van der Waals surface area contributed by atoms with Crippen LogP contribution in [-0.2, 0) is 18.9 Å². The van der Waals surface area contributed by atoms with Crippen LogP contribution >= 0.6 is 0 Å². The minimum absolute atomic E-state index is 0.0657. The number of nitrogens with zero attached hydrogens (tertiary/aromatic N) is 3. The minimum Gasteiger partial charge on any atom is -0.493 e. The largest absolute Gasteiger partial charge is 0.493 e. The lowest BCUT2D eigenvalue weighted by Crippen LogP contribution is -2.42. The van der Waals surface area contributed by atoms with Crippen molar-refractivity contribution in [3.63, 3.8) is 0 Å². The average molecular weight is 516 g/mol. The number of unbranched alkanes of at least 4 members (excludes halogenated alkanes) is 2. The van der Waals surface area contributed by atoms with Gasteiger partial charge in [-0.15, -0.1) is 0 Å². The van der Waals surface area contributed by atoms with Crippen molar-refractivity contribution in [3.05, 3.63) is 58.2 Å². The molecule has 0 radical (unpaired) electrons. The van der Waals surface area contributed by atoms with Gasteiger partial charge < -0.3 is 28.4 Å². The third kappa shape index (κ3) is 8.40. The molecule has 1 aromatic carbocycles. The molecule has 2 aliphatic rings. The van der Waals surface area contributed by atoms with Crippen LogP contribution in [-0.4, -0.2) is 54.2 Å². The van der Waals surface area contributed by atoms with Gasteiger partial charge in [0.1, 0.15) is 17.3 Å². The first kappa shape index (κ1) is 28.9. The van der Waals surface area contributed by atoms with Crippen molar-refractivity contribution in [2.75, 3.05) is 54.2 Å². The van der Waals surface area contributed by atoms with Crippen molar-refractivity contribution in [2.24, 2.45) is 16.4 Å². The second-order valence-electron chi connectivity index (χ2n) is 9.73. The van der Waals surface area contributed by atoms with Gasteiger partial charge in [-0.25, -0.2) is 0 Å². The summed E-state index contributed by atoms with van der Waals surface area (Å²) in [5.74, 6) is 3.16. The van der Waals surface area contributed by atoms with Crippen LogP contribution in [0.15, 0.2) is 47.3 Å². The number of benzene rings is 1. The summed E-state index contributed by atoms with van der Waals surface area (Å²) in [6, 6.07) is 6.14. The van der Waals surface area contributed by atoms with E-state index in [1.807, 2.05) is 12.1 Å². The van der Waals surface area contributed by atoms with Crippen LogP contribution in [0.1, 0.15) is 56.9 Å². The first-order valence-corrected chi connectivity index (χ1v) is 13.1. The molecular weight excluding hydrogens is 474 g/mol. The van der Waals surface area contributed by atoms with Gasteiger partial charge >= 0.3 is 0 Å². The summed E-state index contributed by atoms with van der Waals surface area (Å²) in [6.45, 7) is 5.42. The lowest BCUT2D eigenvalue weighted by atomic mass is 9.61.